The molecule has 0 spiro atoms. The standard InChI is InChI=1S/3C21H21NO4.Fe/c3*1-11(2)13-7-5-8-14(12(3)4)18(13)22-19(23)15-9-6-10-16(21(25)26)17(15)20(22)24;/h3*5-12H,1-4H3,(H,25,26);/q;;;+3/p-3. The molecule has 0 N–H and O–H groups in total. The topological polar surface area (TPSA) is 233 Å². The minimum atomic E-state index is -1.47. The molecule has 0 saturated carbocycles. The third-order valence-corrected chi connectivity index (χ3v) is 14.1. The number of carbonyl (C=O) groups is 9. The molecule has 0 bridgehead atoms. The second-order valence-electron chi connectivity index (χ2n) is 21.2. The number of hydrogen-bond acceptors (Lipinski definition) is 12. The Morgan fingerprint density at radius 1 is 0.304 bits per heavy atom. The summed E-state index contributed by atoms with van der Waals surface area (Å²) in [5.41, 5.74) is 6.21. The van der Waals surface area contributed by atoms with Crippen molar-refractivity contribution in [3.63, 3.8) is 0 Å². The summed E-state index contributed by atoms with van der Waals surface area (Å²) in [6.45, 7) is 23.9. The fraction of sp³-hybridized carbons (Fsp3) is 0.286. The van der Waals surface area contributed by atoms with Crippen LogP contribution in [0.15, 0.2) is 109 Å². The van der Waals surface area contributed by atoms with Gasteiger partial charge in [0.05, 0.1) is 68.4 Å². The summed E-state index contributed by atoms with van der Waals surface area (Å²) >= 11 is 0. The summed E-state index contributed by atoms with van der Waals surface area (Å²) < 4.78 is 0. The van der Waals surface area contributed by atoms with Crippen molar-refractivity contribution in [2.24, 2.45) is 0 Å². The zero-order valence-corrected chi connectivity index (χ0v) is 47.1. The molecule has 79 heavy (non-hydrogen) atoms. The van der Waals surface area contributed by atoms with Gasteiger partial charge in [-0.15, -0.1) is 0 Å². The molecule has 6 amide bonds. The van der Waals surface area contributed by atoms with E-state index in [-0.39, 0.29) is 103 Å². The molecule has 16 heteroatoms. The first-order valence-corrected chi connectivity index (χ1v) is 25.8. The average Bonchev–Trinajstić information content (AvgIpc) is 4.14. The monoisotopic (exact) mass is 1110 g/mol. The Bertz CT molecular complexity index is 3080. The van der Waals surface area contributed by atoms with Gasteiger partial charge in [0.25, 0.3) is 35.4 Å². The maximum Gasteiger partial charge on any atom is 3.00 e. The van der Waals surface area contributed by atoms with E-state index in [1.807, 2.05) is 138 Å². The van der Waals surface area contributed by atoms with Gasteiger partial charge in [-0.1, -0.05) is 174 Å². The molecule has 3 aliphatic heterocycles. The SMILES string of the molecule is CC(C)c1cccc(C(C)C)c1N1C(=O)c2cccc(C(=O)[O-])c2C1=O.CC(C)c1cccc(C(C)C)c1N1C(=O)c2cccc(C(=O)[O-])c2C1=O.CC(C)c1cccc(C(C)C)c1N1C(=O)c2cccc(C(=O)[O-])c2C1=O.[Fe+3]. The van der Waals surface area contributed by atoms with Crippen LogP contribution in [0.25, 0.3) is 0 Å². The normalized spacial score (nSPS) is 13.5. The van der Waals surface area contributed by atoms with Crippen molar-refractivity contribution in [1.82, 2.24) is 0 Å². The van der Waals surface area contributed by atoms with E-state index in [4.69, 9.17) is 0 Å². The van der Waals surface area contributed by atoms with Crippen molar-refractivity contribution >= 4 is 70.4 Å². The molecule has 6 aromatic carbocycles. The molecule has 0 aliphatic carbocycles. The number of para-hydroxylation sites is 3. The molecular formula is C63H60FeN3O12. The smallest absolute Gasteiger partial charge is 0.545 e. The molecule has 407 valence electrons. The number of benzene rings is 6. The molecule has 0 fully saturated rings. The molecule has 1 radical (unpaired) electrons. The van der Waals surface area contributed by atoms with E-state index in [9.17, 15) is 58.5 Å². The third-order valence-electron chi connectivity index (χ3n) is 14.1. The fourth-order valence-electron chi connectivity index (χ4n) is 10.3. The van der Waals surface area contributed by atoms with Crippen LogP contribution < -0.4 is 30.0 Å². The zero-order valence-electron chi connectivity index (χ0n) is 46.0. The predicted molar refractivity (Wildman–Crippen MR) is 290 cm³/mol. The van der Waals surface area contributed by atoms with Gasteiger partial charge < -0.3 is 29.7 Å². The number of imide groups is 3. The maximum absolute atomic E-state index is 13.1. The number of fused-ring (bicyclic) bond motifs is 3. The fourth-order valence-corrected chi connectivity index (χ4v) is 10.3. The molecule has 0 unspecified atom stereocenters. The molecule has 3 heterocycles. The summed E-state index contributed by atoms with van der Waals surface area (Å²) in [5.74, 6) is -7.18. The van der Waals surface area contributed by atoms with Gasteiger partial charge in [0.2, 0.25) is 0 Å². The van der Waals surface area contributed by atoms with Crippen LogP contribution in [-0.4, -0.2) is 53.4 Å². The number of rotatable bonds is 12. The van der Waals surface area contributed by atoms with Crippen LogP contribution in [0, 0.1) is 0 Å². The number of carboxylic acids is 3. The number of anilines is 3. The summed E-state index contributed by atoms with van der Waals surface area (Å²) in [4.78, 5) is 116. The van der Waals surface area contributed by atoms with Gasteiger partial charge in [-0.05, 0) is 87.1 Å². The van der Waals surface area contributed by atoms with E-state index in [2.05, 4.69) is 0 Å². The summed E-state index contributed by atoms with van der Waals surface area (Å²) in [6, 6.07) is 29.8. The number of carbonyl (C=O) groups excluding carboxylic acids is 9. The van der Waals surface area contributed by atoms with Gasteiger partial charge in [0, 0.05) is 16.7 Å². The van der Waals surface area contributed by atoms with Gasteiger partial charge >= 0.3 is 17.1 Å². The van der Waals surface area contributed by atoms with Crippen LogP contribution in [0.2, 0.25) is 0 Å². The van der Waals surface area contributed by atoms with Crippen molar-refractivity contribution in [3.05, 3.63) is 193 Å². The molecule has 0 saturated heterocycles. The summed E-state index contributed by atoms with van der Waals surface area (Å²) in [7, 11) is 0. The van der Waals surface area contributed by atoms with Crippen molar-refractivity contribution in [3.8, 4) is 0 Å². The van der Waals surface area contributed by atoms with Crippen molar-refractivity contribution in [1.29, 1.82) is 0 Å². The quantitative estimate of drug-likeness (QED) is 0.0824. The van der Waals surface area contributed by atoms with Crippen LogP contribution in [-0.2, 0) is 17.1 Å². The number of aromatic carboxylic acids is 3. The third kappa shape index (κ3) is 10.8. The van der Waals surface area contributed by atoms with Gasteiger partial charge in [-0.25, -0.2) is 14.7 Å². The summed E-state index contributed by atoms with van der Waals surface area (Å²) in [5, 5.41) is 34.2. The van der Waals surface area contributed by atoms with Crippen LogP contribution in [0.1, 0.15) is 245 Å². The minimum Gasteiger partial charge on any atom is -0.545 e. The van der Waals surface area contributed by atoms with E-state index >= 15 is 0 Å². The van der Waals surface area contributed by atoms with Gasteiger partial charge in [0.15, 0.2) is 0 Å². The van der Waals surface area contributed by atoms with Crippen LogP contribution in [0.3, 0.4) is 0 Å². The number of nitrogens with zero attached hydrogens (tertiary/aromatic N) is 3. The zero-order chi connectivity index (χ0) is 57.5. The van der Waals surface area contributed by atoms with Gasteiger partial charge in [-0.2, -0.15) is 0 Å². The second kappa shape index (κ2) is 23.7. The molecule has 15 nitrogen and oxygen atoms in total. The predicted octanol–water partition coefficient (Wildman–Crippen LogP) is 9.29. The Hall–Kier alpha value is -8.33. The van der Waals surface area contributed by atoms with Crippen molar-refractivity contribution < 1.29 is 75.5 Å². The van der Waals surface area contributed by atoms with E-state index in [1.165, 1.54) is 54.6 Å². The second-order valence-corrected chi connectivity index (χ2v) is 21.2. The largest absolute Gasteiger partial charge is 3.00 e. The Balaban J connectivity index is 0.000000190. The van der Waals surface area contributed by atoms with E-state index < -0.39 is 53.4 Å². The van der Waals surface area contributed by atoms with Crippen molar-refractivity contribution in [2.45, 2.75) is 119 Å². The first kappa shape index (κ1) is 59.9. The Morgan fingerprint density at radius 3 is 0.646 bits per heavy atom. The molecule has 0 aromatic heterocycles. The number of amides is 6. The van der Waals surface area contributed by atoms with E-state index in [1.54, 1.807) is 0 Å². The van der Waals surface area contributed by atoms with Crippen molar-refractivity contribution in [2.75, 3.05) is 14.7 Å². The number of carboxylic acid groups (broad SMARTS) is 3. The first-order valence-electron chi connectivity index (χ1n) is 25.8. The minimum absolute atomic E-state index is 0. The van der Waals surface area contributed by atoms with Gasteiger partial charge in [0.1, 0.15) is 0 Å². The van der Waals surface area contributed by atoms with Gasteiger partial charge in [-0.3, -0.25) is 28.8 Å². The number of hydrogen-bond donors (Lipinski definition) is 0. The first-order chi connectivity index (χ1) is 36.8. The average molecular weight is 1110 g/mol. The summed E-state index contributed by atoms with van der Waals surface area (Å²) in [6.07, 6.45) is 0. The molecule has 0 atom stereocenters. The van der Waals surface area contributed by atoms with E-state index in [0.717, 1.165) is 48.1 Å². The van der Waals surface area contributed by atoms with Crippen LogP contribution >= 0.6 is 0 Å². The Kier molecular flexibility index (Phi) is 18.0. The Labute approximate surface area is 469 Å². The van der Waals surface area contributed by atoms with Crippen LogP contribution in [0.4, 0.5) is 17.1 Å². The molecule has 3 aliphatic rings. The molecule has 9 rings (SSSR count). The maximum atomic E-state index is 13.1. The van der Waals surface area contributed by atoms with Crippen LogP contribution in [0.5, 0.6) is 0 Å². The molecule has 6 aromatic rings. The van der Waals surface area contributed by atoms with E-state index in [0.29, 0.717) is 17.1 Å². The Morgan fingerprint density at radius 2 is 0.481 bits per heavy atom. The molecular weight excluding hydrogens is 1050 g/mol.